The highest BCUT2D eigenvalue weighted by Crippen LogP contribution is 2.17. The molecule has 0 spiro atoms. The first kappa shape index (κ1) is 14.9. The first-order valence-electron chi connectivity index (χ1n) is 6.75. The van der Waals surface area contributed by atoms with Crippen LogP contribution in [0.25, 0.3) is 0 Å². The number of nitrogens with zero attached hydrogens (tertiary/aromatic N) is 1. The number of rotatable bonds is 5. The molecule has 1 fully saturated rings. The van der Waals surface area contributed by atoms with Gasteiger partial charge in [-0.3, -0.25) is 0 Å². The fraction of sp³-hybridized carbons (Fsp3) is 0.615. The third-order valence-corrected chi connectivity index (χ3v) is 5.30. The van der Waals surface area contributed by atoms with Gasteiger partial charge in [0.25, 0.3) is 0 Å². The van der Waals surface area contributed by atoms with Gasteiger partial charge in [0, 0.05) is 13.1 Å². The van der Waals surface area contributed by atoms with Crippen molar-refractivity contribution in [1.82, 2.24) is 10.2 Å². The van der Waals surface area contributed by atoms with Crippen LogP contribution in [0.1, 0.15) is 19.1 Å². The maximum absolute atomic E-state index is 12.0. The van der Waals surface area contributed by atoms with E-state index in [1.165, 1.54) is 0 Å². The summed E-state index contributed by atoms with van der Waals surface area (Å²) in [5.41, 5.74) is 0. The second-order valence-corrected chi connectivity index (χ2v) is 7.28. The van der Waals surface area contributed by atoms with Crippen LogP contribution >= 0.6 is 0 Å². The number of sulfone groups is 1. The van der Waals surface area contributed by atoms with Crippen molar-refractivity contribution in [2.75, 3.05) is 24.6 Å². The second-order valence-electron chi connectivity index (χ2n) is 5.05. The van der Waals surface area contributed by atoms with E-state index < -0.39 is 9.84 Å². The smallest absolute Gasteiger partial charge is 0.317 e. The number of amides is 2. The molecule has 112 valence electrons. The lowest BCUT2D eigenvalue weighted by Gasteiger charge is -2.21. The summed E-state index contributed by atoms with van der Waals surface area (Å²) < 4.78 is 27.9. The first-order chi connectivity index (χ1) is 9.50. The molecule has 0 aromatic carbocycles. The highest BCUT2D eigenvalue weighted by molar-refractivity contribution is 7.91. The zero-order valence-electron chi connectivity index (χ0n) is 11.5. The van der Waals surface area contributed by atoms with E-state index in [0.29, 0.717) is 26.1 Å². The Morgan fingerprint density at radius 3 is 2.90 bits per heavy atom. The summed E-state index contributed by atoms with van der Waals surface area (Å²) in [6.07, 6.45) is 2.21. The lowest BCUT2D eigenvalue weighted by atomic mass is 10.1. The topological polar surface area (TPSA) is 79.6 Å². The molecule has 1 unspecified atom stereocenters. The quantitative estimate of drug-likeness (QED) is 0.887. The standard InChI is InChI=1S/C13H20N2O4S/c1-2-15(9-12-4-3-6-19-12)13(16)14-8-11-5-7-20(17,18)10-11/h3-4,6,11H,2,5,7-10H2,1H3,(H,14,16). The van der Waals surface area contributed by atoms with Crippen LogP contribution in [0.15, 0.2) is 22.8 Å². The van der Waals surface area contributed by atoms with Gasteiger partial charge >= 0.3 is 6.03 Å². The van der Waals surface area contributed by atoms with Gasteiger partial charge in [0.2, 0.25) is 0 Å². The Morgan fingerprint density at radius 2 is 2.35 bits per heavy atom. The van der Waals surface area contributed by atoms with E-state index in [1.54, 1.807) is 17.2 Å². The fourth-order valence-electron chi connectivity index (χ4n) is 2.29. The number of hydrogen-bond acceptors (Lipinski definition) is 4. The number of hydrogen-bond donors (Lipinski definition) is 1. The molecular weight excluding hydrogens is 280 g/mol. The van der Waals surface area contributed by atoms with Gasteiger partial charge in [0.15, 0.2) is 9.84 Å². The molecule has 1 aromatic rings. The average Bonchev–Trinajstić information content (AvgIpc) is 3.02. The van der Waals surface area contributed by atoms with Crippen LogP contribution in [0.3, 0.4) is 0 Å². The molecule has 1 aliphatic heterocycles. The second kappa shape index (κ2) is 6.30. The van der Waals surface area contributed by atoms with Crippen LogP contribution < -0.4 is 5.32 Å². The maximum Gasteiger partial charge on any atom is 0.317 e. The van der Waals surface area contributed by atoms with Gasteiger partial charge in [0.1, 0.15) is 5.76 Å². The summed E-state index contributed by atoms with van der Waals surface area (Å²) in [4.78, 5) is 13.7. The summed E-state index contributed by atoms with van der Waals surface area (Å²) in [7, 11) is -2.89. The van der Waals surface area contributed by atoms with E-state index in [4.69, 9.17) is 4.42 Å². The normalized spacial score (nSPS) is 20.8. The van der Waals surface area contributed by atoms with Gasteiger partial charge in [0.05, 0.1) is 24.3 Å². The minimum atomic E-state index is -2.89. The van der Waals surface area contributed by atoms with Crippen molar-refractivity contribution in [3.8, 4) is 0 Å². The van der Waals surface area contributed by atoms with Crippen LogP contribution in [0.5, 0.6) is 0 Å². The largest absolute Gasteiger partial charge is 0.467 e. The highest BCUT2D eigenvalue weighted by atomic mass is 32.2. The molecule has 0 bridgehead atoms. The molecule has 0 saturated carbocycles. The van der Waals surface area contributed by atoms with E-state index in [1.807, 2.05) is 13.0 Å². The molecule has 0 aliphatic carbocycles. The Hall–Kier alpha value is -1.50. The van der Waals surface area contributed by atoms with Gasteiger partial charge in [-0.1, -0.05) is 0 Å². The molecule has 1 atom stereocenters. The maximum atomic E-state index is 12.0. The summed E-state index contributed by atoms with van der Waals surface area (Å²) in [6, 6.07) is 3.41. The first-order valence-corrected chi connectivity index (χ1v) is 8.58. The van der Waals surface area contributed by atoms with Gasteiger partial charge in [-0.05, 0) is 31.4 Å². The third kappa shape index (κ3) is 4.00. The Morgan fingerprint density at radius 1 is 1.55 bits per heavy atom. The molecule has 0 radical (unpaired) electrons. The minimum Gasteiger partial charge on any atom is -0.467 e. The molecule has 1 saturated heterocycles. The van der Waals surface area contributed by atoms with Crippen molar-refractivity contribution in [3.05, 3.63) is 24.2 Å². The Kier molecular flexibility index (Phi) is 4.69. The number of nitrogens with one attached hydrogen (secondary N) is 1. The van der Waals surface area contributed by atoms with Crippen LogP contribution in [-0.4, -0.2) is 43.9 Å². The predicted octanol–water partition coefficient (Wildman–Crippen LogP) is 1.25. The lowest BCUT2D eigenvalue weighted by Crippen LogP contribution is -2.41. The van der Waals surface area contributed by atoms with Crippen molar-refractivity contribution >= 4 is 15.9 Å². The Labute approximate surface area is 119 Å². The zero-order valence-corrected chi connectivity index (χ0v) is 12.4. The van der Waals surface area contributed by atoms with E-state index in [9.17, 15) is 13.2 Å². The molecule has 6 nitrogen and oxygen atoms in total. The molecular formula is C13H20N2O4S. The number of carbonyl (C=O) groups is 1. The van der Waals surface area contributed by atoms with Crippen LogP contribution in [-0.2, 0) is 16.4 Å². The SMILES string of the molecule is CCN(Cc1ccco1)C(=O)NCC1CCS(=O)(=O)C1. The number of urea groups is 1. The summed E-state index contributed by atoms with van der Waals surface area (Å²) >= 11 is 0. The fourth-order valence-corrected chi connectivity index (χ4v) is 4.16. The van der Waals surface area contributed by atoms with Crippen LogP contribution in [0.4, 0.5) is 4.79 Å². The van der Waals surface area contributed by atoms with Gasteiger partial charge in [-0.25, -0.2) is 13.2 Å². The van der Waals surface area contributed by atoms with Crippen molar-refractivity contribution in [2.45, 2.75) is 19.9 Å². The number of carbonyl (C=O) groups excluding carboxylic acids is 1. The summed E-state index contributed by atoms with van der Waals surface area (Å²) in [5.74, 6) is 1.17. The van der Waals surface area contributed by atoms with Crippen molar-refractivity contribution in [1.29, 1.82) is 0 Å². The predicted molar refractivity (Wildman–Crippen MR) is 75.0 cm³/mol. The Bertz CT molecular complexity index is 539. The summed E-state index contributed by atoms with van der Waals surface area (Å²) in [6.45, 7) is 3.28. The van der Waals surface area contributed by atoms with Crippen molar-refractivity contribution < 1.29 is 17.6 Å². The van der Waals surface area contributed by atoms with Gasteiger partial charge in [-0.2, -0.15) is 0 Å². The van der Waals surface area contributed by atoms with Crippen LogP contribution in [0.2, 0.25) is 0 Å². The molecule has 7 heteroatoms. The molecule has 1 aromatic heterocycles. The molecule has 20 heavy (non-hydrogen) atoms. The minimum absolute atomic E-state index is 0.0336. The van der Waals surface area contributed by atoms with E-state index in [-0.39, 0.29) is 23.5 Å². The monoisotopic (exact) mass is 300 g/mol. The van der Waals surface area contributed by atoms with E-state index >= 15 is 0 Å². The highest BCUT2D eigenvalue weighted by Gasteiger charge is 2.28. The third-order valence-electron chi connectivity index (χ3n) is 3.46. The van der Waals surface area contributed by atoms with E-state index in [0.717, 1.165) is 5.76 Å². The van der Waals surface area contributed by atoms with Crippen LogP contribution in [0, 0.1) is 5.92 Å². The molecule has 1 N–H and O–H groups in total. The van der Waals surface area contributed by atoms with Gasteiger partial charge in [-0.15, -0.1) is 0 Å². The van der Waals surface area contributed by atoms with E-state index in [2.05, 4.69) is 5.32 Å². The summed E-state index contributed by atoms with van der Waals surface area (Å²) in [5, 5.41) is 2.81. The molecule has 1 aliphatic rings. The zero-order chi connectivity index (χ0) is 14.6. The number of furan rings is 1. The molecule has 2 rings (SSSR count). The Balaban J connectivity index is 1.81. The van der Waals surface area contributed by atoms with Crippen molar-refractivity contribution in [3.63, 3.8) is 0 Å². The molecule has 2 amide bonds. The lowest BCUT2D eigenvalue weighted by molar-refractivity contribution is 0.192. The average molecular weight is 300 g/mol. The van der Waals surface area contributed by atoms with Gasteiger partial charge < -0.3 is 14.6 Å². The molecule has 2 heterocycles. The van der Waals surface area contributed by atoms with Crippen molar-refractivity contribution in [2.24, 2.45) is 5.92 Å².